The fourth-order valence-corrected chi connectivity index (χ4v) is 3.50. The van der Waals surface area contributed by atoms with Crippen molar-refractivity contribution in [3.63, 3.8) is 0 Å². The highest BCUT2D eigenvalue weighted by Gasteiger charge is 2.39. The lowest BCUT2D eigenvalue weighted by Crippen LogP contribution is -2.52. The summed E-state index contributed by atoms with van der Waals surface area (Å²) in [5, 5.41) is 0. The van der Waals surface area contributed by atoms with Crippen molar-refractivity contribution in [3.8, 4) is 5.75 Å². The maximum Gasteiger partial charge on any atom is 0.118 e. The van der Waals surface area contributed by atoms with Gasteiger partial charge < -0.3 is 15.4 Å². The Bertz CT molecular complexity index is 406. The fourth-order valence-electron chi connectivity index (χ4n) is 3.50. The van der Waals surface area contributed by atoms with Crippen LogP contribution in [0, 0.1) is 0 Å². The second-order valence-corrected chi connectivity index (χ2v) is 6.16. The van der Waals surface area contributed by atoms with Gasteiger partial charge >= 0.3 is 0 Å². The van der Waals surface area contributed by atoms with Crippen molar-refractivity contribution in [2.75, 3.05) is 21.2 Å². The molecular formula is C17H28N2O. The Kier molecular flexibility index (Phi) is 5.06. The Morgan fingerprint density at radius 3 is 2.05 bits per heavy atom. The lowest BCUT2D eigenvalue weighted by Gasteiger charge is -2.44. The Hall–Kier alpha value is -1.06. The van der Waals surface area contributed by atoms with E-state index in [0.29, 0.717) is 0 Å². The van der Waals surface area contributed by atoms with Gasteiger partial charge in [0.2, 0.25) is 0 Å². The van der Waals surface area contributed by atoms with E-state index in [1.54, 1.807) is 7.11 Å². The zero-order chi connectivity index (χ0) is 14.6. The Morgan fingerprint density at radius 2 is 1.60 bits per heavy atom. The topological polar surface area (TPSA) is 38.5 Å². The van der Waals surface area contributed by atoms with Crippen molar-refractivity contribution in [2.24, 2.45) is 5.73 Å². The van der Waals surface area contributed by atoms with Gasteiger partial charge in [-0.1, -0.05) is 37.8 Å². The number of rotatable bonds is 4. The highest BCUT2D eigenvalue weighted by molar-refractivity contribution is 5.31. The van der Waals surface area contributed by atoms with E-state index in [1.165, 1.54) is 44.1 Å². The van der Waals surface area contributed by atoms with Gasteiger partial charge in [-0.2, -0.15) is 0 Å². The lowest BCUT2D eigenvalue weighted by atomic mass is 9.78. The van der Waals surface area contributed by atoms with Crippen LogP contribution in [0.15, 0.2) is 24.3 Å². The van der Waals surface area contributed by atoms with Gasteiger partial charge in [-0.05, 0) is 44.6 Å². The molecule has 1 aliphatic carbocycles. The molecule has 1 aromatic rings. The summed E-state index contributed by atoms with van der Waals surface area (Å²) in [5.41, 5.74) is 7.98. The van der Waals surface area contributed by atoms with E-state index in [-0.39, 0.29) is 11.6 Å². The van der Waals surface area contributed by atoms with Crippen LogP contribution in [-0.4, -0.2) is 31.6 Å². The predicted octanol–water partition coefficient (Wildman–Crippen LogP) is 3.35. The summed E-state index contributed by atoms with van der Waals surface area (Å²) in [7, 11) is 6.05. The van der Waals surface area contributed by atoms with Crippen molar-refractivity contribution < 1.29 is 4.74 Å². The van der Waals surface area contributed by atoms with Crippen molar-refractivity contribution >= 4 is 0 Å². The first-order chi connectivity index (χ1) is 9.60. The number of hydrogen-bond acceptors (Lipinski definition) is 3. The quantitative estimate of drug-likeness (QED) is 0.857. The first-order valence-corrected chi connectivity index (χ1v) is 7.67. The molecule has 0 spiro atoms. The number of benzene rings is 1. The van der Waals surface area contributed by atoms with Crippen molar-refractivity contribution in [3.05, 3.63) is 29.8 Å². The van der Waals surface area contributed by atoms with Gasteiger partial charge in [-0.25, -0.2) is 0 Å². The summed E-state index contributed by atoms with van der Waals surface area (Å²) in [4.78, 5) is 2.35. The van der Waals surface area contributed by atoms with Crippen molar-refractivity contribution in [2.45, 2.75) is 50.1 Å². The third kappa shape index (κ3) is 2.99. The van der Waals surface area contributed by atoms with Crippen LogP contribution in [0.1, 0.15) is 50.1 Å². The maximum absolute atomic E-state index is 6.68. The molecule has 0 aromatic heterocycles. The van der Waals surface area contributed by atoms with Crippen LogP contribution in [0.3, 0.4) is 0 Å². The van der Waals surface area contributed by atoms with E-state index < -0.39 is 0 Å². The number of likely N-dealkylation sites (N-methyl/N-ethyl adjacent to an activating group) is 1. The van der Waals surface area contributed by atoms with E-state index in [0.717, 1.165) is 5.75 Å². The lowest BCUT2D eigenvalue weighted by molar-refractivity contribution is 0.0969. The van der Waals surface area contributed by atoms with Crippen LogP contribution in [0.5, 0.6) is 5.75 Å². The molecule has 0 amide bonds. The van der Waals surface area contributed by atoms with Gasteiger partial charge in [-0.3, -0.25) is 0 Å². The summed E-state index contributed by atoms with van der Waals surface area (Å²) in [6, 6.07) is 8.30. The summed E-state index contributed by atoms with van der Waals surface area (Å²) in [6.45, 7) is 0. The monoisotopic (exact) mass is 276 g/mol. The second kappa shape index (κ2) is 6.59. The molecule has 0 saturated heterocycles. The van der Waals surface area contributed by atoms with Crippen LogP contribution >= 0.6 is 0 Å². The average molecular weight is 276 g/mol. The Balaban J connectivity index is 2.27. The molecule has 0 heterocycles. The standard InChI is InChI=1S/C17H28N2O/c1-19(2)17(12-6-4-5-7-13-17)16(18)14-8-10-15(20-3)11-9-14/h8-11,16H,4-7,12-13,18H2,1-3H3. The van der Waals surface area contributed by atoms with Gasteiger partial charge in [0.1, 0.15) is 5.75 Å². The molecule has 20 heavy (non-hydrogen) atoms. The smallest absolute Gasteiger partial charge is 0.118 e. The first kappa shape index (κ1) is 15.3. The molecular weight excluding hydrogens is 248 g/mol. The summed E-state index contributed by atoms with van der Waals surface area (Å²) < 4.78 is 5.24. The molecule has 3 heteroatoms. The van der Waals surface area contributed by atoms with Crippen LogP contribution in [0.25, 0.3) is 0 Å². The second-order valence-electron chi connectivity index (χ2n) is 6.16. The summed E-state index contributed by atoms with van der Waals surface area (Å²) in [5.74, 6) is 0.890. The largest absolute Gasteiger partial charge is 0.497 e. The van der Waals surface area contributed by atoms with Crippen LogP contribution in [0.2, 0.25) is 0 Å². The maximum atomic E-state index is 6.68. The molecule has 1 aromatic carbocycles. The van der Waals surface area contributed by atoms with Gasteiger partial charge in [0.15, 0.2) is 0 Å². The zero-order valence-corrected chi connectivity index (χ0v) is 13.1. The van der Waals surface area contributed by atoms with Crippen molar-refractivity contribution in [1.82, 2.24) is 4.90 Å². The molecule has 2 rings (SSSR count). The Morgan fingerprint density at radius 1 is 1.05 bits per heavy atom. The molecule has 1 unspecified atom stereocenters. The normalized spacial score (nSPS) is 20.4. The molecule has 1 atom stereocenters. The molecule has 0 aliphatic heterocycles. The van der Waals surface area contributed by atoms with E-state index >= 15 is 0 Å². The molecule has 1 saturated carbocycles. The minimum Gasteiger partial charge on any atom is -0.497 e. The molecule has 3 nitrogen and oxygen atoms in total. The van der Waals surface area contributed by atoms with Gasteiger partial charge in [0.25, 0.3) is 0 Å². The van der Waals surface area contributed by atoms with E-state index in [2.05, 4.69) is 31.1 Å². The average Bonchev–Trinajstić information content (AvgIpc) is 2.73. The third-order valence-electron chi connectivity index (χ3n) is 4.91. The summed E-state index contributed by atoms with van der Waals surface area (Å²) >= 11 is 0. The molecule has 2 N–H and O–H groups in total. The van der Waals surface area contributed by atoms with Crippen molar-refractivity contribution in [1.29, 1.82) is 0 Å². The number of nitrogens with two attached hydrogens (primary N) is 1. The van der Waals surface area contributed by atoms with Gasteiger partial charge in [0, 0.05) is 11.6 Å². The summed E-state index contributed by atoms with van der Waals surface area (Å²) in [6.07, 6.45) is 7.61. The third-order valence-corrected chi connectivity index (χ3v) is 4.91. The molecule has 0 radical (unpaired) electrons. The SMILES string of the molecule is COc1ccc(C(N)C2(N(C)C)CCCCCC2)cc1. The molecule has 1 aliphatic rings. The number of methoxy groups -OCH3 is 1. The van der Waals surface area contributed by atoms with Crippen LogP contribution in [-0.2, 0) is 0 Å². The van der Waals surface area contributed by atoms with Crippen LogP contribution < -0.4 is 10.5 Å². The van der Waals surface area contributed by atoms with E-state index in [4.69, 9.17) is 10.5 Å². The van der Waals surface area contributed by atoms with E-state index in [1.807, 2.05) is 12.1 Å². The number of hydrogen-bond donors (Lipinski definition) is 1. The zero-order valence-electron chi connectivity index (χ0n) is 13.1. The number of nitrogens with zero attached hydrogens (tertiary/aromatic N) is 1. The Labute approximate surface area is 123 Å². The minimum atomic E-state index is 0.0570. The van der Waals surface area contributed by atoms with Gasteiger partial charge in [-0.15, -0.1) is 0 Å². The molecule has 1 fully saturated rings. The minimum absolute atomic E-state index is 0.0570. The highest BCUT2D eigenvalue weighted by Crippen LogP contribution is 2.40. The molecule has 112 valence electrons. The van der Waals surface area contributed by atoms with Crippen LogP contribution in [0.4, 0.5) is 0 Å². The molecule has 0 bridgehead atoms. The predicted molar refractivity (Wildman–Crippen MR) is 84.0 cm³/mol. The fraction of sp³-hybridized carbons (Fsp3) is 0.647. The number of ether oxygens (including phenoxy) is 1. The van der Waals surface area contributed by atoms with Gasteiger partial charge in [0.05, 0.1) is 7.11 Å². The first-order valence-electron chi connectivity index (χ1n) is 7.67. The highest BCUT2D eigenvalue weighted by atomic mass is 16.5. The van der Waals surface area contributed by atoms with E-state index in [9.17, 15) is 0 Å².